The van der Waals surface area contributed by atoms with Crippen LogP contribution in [0, 0.1) is 13.8 Å². The van der Waals surface area contributed by atoms with E-state index in [0.29, 0.717) is 0 Å². The Morgan fingerprint density at radius 1 is 1.32 bits per heavy atom. The number of hydrogen-bond donors (Lipinski definition) is 1. The van der Waals surface area contributed by atoms with Gasteiger partial charge in [-0.15, -0.1) is 0 Å². The number of aryl methyl sites for hydroxylation is 3. The Morgan fingerprint density at radius 2 is 1.95 bits per heavy atom. The molecule has 0 radical (unpaired) electrons. The highest BCUT2D eigenvalue weighted by Crippen LogP contribution is 2.29. The predicted octanol–water partition coefficient (Wildman–Crippen LogP) is 3.15. The van der Waals surface area contributed by atoms with Gasteiger partial charge in [0.15, 0.2) is 0 Å². The van der Waals surface area contributed by atoms with Crippen LogP contribution in [0.2, 0.25) is 0 Å². The molecule has 1 atom stereocenters. The summed E-state index contributed by atoms with van der Waals surface area (Å²) in [7, 11) is 0. The summed E-state index contributed by atoms with van der Waals surface area (Å²) < 4.78 is 2.68. The molecule has 2 rings (SSSR count). The molecular weight excluding hydrogens is 306 g/mol. The average Bonchev–Trinajstić information content (AvgIpc) is 2.69. The van der Waals surface area contributed by atoms with E-state index in [1.165, 1.54) is 0 Å². The number of aromatic nitrogens is 3. The van der Waals surface area contributed by atoms with Crippen LogP contribution >= 0.6 is 15.9 Å². The van der Waals surface area contributed by atoms with Crippen LogP contribution in [0.15, 0.2) is 22.8 Å². The molecule has 0 spiro atoms. The molecule has 5 heteroatoms. The van der Waals surface area contributed by atoms with E-state index in [-0.39, 0.29) is 0 Å². The summed E-state index contributed by atoms with van der Waals surface area (Å²) in [4.78, 5) is 4.33. The zero-order valence-electron chi connectivity index (χ0n) is 11.4. The Bertz CT molecular complexity index is 560. The highest BCUT2D eigenvalue weighted by Gasteiger charge is 2.20. The van der Waals surface area contributed by atoms with Gasteiger partial charge in [-0.25, -0.2) is 0 Å². The molecule has 0 aliphatic heterocycles. The predicted molar refractivity (Wildman–Crippen MR) is 78.0 cm³/mol. The summed E-state index contributed by atoms with van der Waals surface area (Å²) in [5.41, 5.74) is 3.47. The van der Waals surface area contributed by atoms with Crippen LogP contribution in [0.25, 0.3) is 0 Å². The number of pyridine rings is 1. The first-order chi connectivity index (χ1) is 9.02. The van der Waals surface area contributed by atoms with Crippen LogP contribution in [0.3, 0.4) is 0 Å². The van der Waals surface area contributed by atoms with Crippen molar-refractivity contribution < 1.29 is 5.11 Å². The molecule has 0 aliphatic rings. The second kappa shape index (κ2) is 5.84. The topological polar surface area (TPSA) is 50.9 Å². The van der Waals surface area contributed by atoms with Crippen LogP contribution in [0.5, 0.6) is 0 Å². The third kappa shape index (κ3) is 3.04. The molecule has 0 saturated carbocycles. The maximum Gasteiger partial charge on any atom is 0.122 e. The monoisotopic (exact) mass is 323 g/mol. The minimum Gasteiger partial charge on any atom is -0.382 e. The molecule has 0 saturated heterocycles. The molecule has 0 aromatic carbocycles. The van der Waals surface area contributed by atoms with Gasteiger partial charge in [-0.3, -0.25) is 9.67 Å². The molecule has 4 nitrogen and oxygen atoms in total. The zero-order chi connectivity index (χ0) is 14.0. The molecule has 19 heavy (non-hydrogen) atoms. The van der Waals surface area contributed by atoms with Crippen molar-refractivity contribution in [2.45, 2.75) is 39.8 Å². The third-order valence-corrected chi connectivity index (χ3v) is 3.56. The first kappa shape index (κ1) is 14.2. The number of rotatable bonds is 4. The summed E-state index contributed by atoms with van der Waals surface area (Å²) in [5, 5.41) is 14.9. The summed E-state index contributed by atoms with van der Waals surface area (Å²) in [6, 6.07) is 3.82. The lowest BCUT2D eigenvalue weighted by Crippen LogP contribution is -2.11. The van der Waals surface area contributed by atoms with Crippen LogP contribution in [-0.4, -0.2) is 19.9 Å². The smallest absolute Gasteiger partial charge is 0.122 e. The lowest BCUT2D eigenvalue weighted by atomic mass is 10.1. The van der Waals surface area contributed by atoms with E-state index in [0.717, 1.165) is 40.1 Å². The molecule has 0 amide bonds. The second-order valence-electron chi connectivity index (χ2n) is 4.69. The van der Waals surface area contributed by atoms with Crippen LogP contribution in [0.1, 0.15) is 42.1 Å². The van der Waals surface area contributed by atoms with Gasteiger partial charge in [0.05, 0.1) is 16.4 Å². The largest absolute Gasteiger partial charge is 0.382 e. The van der Waals surface area contributed by atoms with Crippen molar-refractivity contribution in [1.29, 1.82) is 0 Å². The van der Waals surface area contributed by atoms with Crippen molar-refractivity contribution >= 4 is 15.9 Å². The fraction of sp³-hybridized carbons (Fsp3) is 0.429. The molecule has 2 heterocycles. The minimum atomic E-state index is -0.691. The zero-order valence-corrected chi connectivity index (χ0v) is 13.0. The van der Waals surface area contributed by atoms with Crippen LogP contribution in [-0.2, 0) is 6.54 Å². The summed E-state index contributed by atoms with van der Waals surface area (Å²) >= 11 is 3.46. The Hall–Kier alpha value is -1.20. The maximum absolute atomic E-state index is 10.6. The van der Waals surface area contributed by atoms with Gasteiger partial charge in [-0.1, -0.05) is 6.92 Å². The number of nitrogens with zero attached hydrogens (tertiary/aromatic N) is 3. The second-order valence-corrected chi connectivity index (χ2v) is 5.54. The fourth-order valence-corrected chi connectivity index (χ4v) is 2.73. The highest BCUT2D eigenvalue weighted by molar-refractivity contribution is 9.10. The third-order valence-electron chi connectivity index (χ3n) is 2.95. The van der Waals surface area contributed by atoms with E-state index in [9.17, 15) is 5.11 Å². The molecule has 1 N–H and O–H groups in total. The van der Waals surface area contributed by atoms with Gasteiger partial charge >= 0.3 is 0 Å². The lowest BCUT2D eigenvalue weighted by Gasteiger charge is -2.15. The van der Waals surface area contributed by atoms with Crippen molar-refractivity contribution in [1.82, 2.24) is 14.8 Å². The van der Waals surface area contributed by atoms with E-state index in [4.69, 9.17) is 0 Å². The van der Waals surface area contributed by atoms with Crippen molar-refractivity contribution in [3.63, 3.8) is 0 Å². The Labute approximate surface area is 121 Å². The van der Waals surface area contributed by atoms with Crippen LogP contribution < -0.4 is 0 Å². The fourth-order valence-electron chi connectivity index (χ4n) is 2.22. The lowest BCUT2D eigenvalue weighted by molar-refractivity contribution is 0.206. The van der Waals surface area contributed by atoms with Crippen molar-refractivity contribution in [3.05, 3.63) is 45.4 Å². The molecule has 0 fully saturated rings. The molecule has 1 unspecified atom stereocenters. The first-order valence-electron chi connectivity index (χ1n) is 6.37. The number of hydrogen-bond acceptors (Lipinski definition) is 3. The van der Waals surface area contributed by atoms with Gasteiger partial charge in [-0.2, -0.15) is 5.10 Å². The van der Waals surface area contributed by atoms with E-state index in [1.807, 2.05) is 30.7 Å². The van der Waals surface area contributed by atoms with Crippen molar-refractivity contribution in [2.75, 3.05) is 0 Å². The molecule has 102 valence electrons. The molecule has 0 bridgehead atoms. The minimum absolute atomic E-state index is 0.691. The highest BCUT2D eigenvalue weighted by atomic mass is 79.9. The summed E-state index contributed by atoms with van der Waals surface area (Å²) in [6.45, 7) is 6.75. The van der Waals surface area contributed by atoms with E-state index < -0.39 is 6.10 Å². The maximum atomic E-state index is 10.6. The van der Waals surface area contributed by atoms with Gasteiger partial charge in [0, 0.05) is 17.9 Å². The SMILES string of the molecule is CCCn1ncc(Br)c1C(O)c1cc(C)nc(C)c1. The van der Waals surface area contributed by atoms with Gasteiger partial charge in [0.2, 0.25) is 0 Å². The Kier molecular flexibility index (Phi) is 4.37. The number of halogens is 1. The normalized spacial score (nSPS) is 12.7. The molecular formula is C14H18BrN3O. The molecule has 2 aromatic heterocycles. The molecule has 0 aliphatic carbocycles. The number of aliphatic hydroxyl groups is 1. The van der Waals surface area contributed by atoms with Gasteiger partial charge < -0.3 is 5.11 Å². The van der Waals surface area contributed by atoms with Crippen molar-refractivity contribution in [2.24, 2.45) is 0 Å². The Morgan fingerprint density at radius 3 is 2.53 bits per heavy atom. The van der Waals surface area contributed by atoms with Gasteiger partial charge in [-0.05, 0) is 53.9 Å². The average molecular weight is 324 g/mol. The van der Waals surface area contributed by atoms with E-state index >= 15 is 0 Å². The summed E-state index contributed by atoms with van der Waals surface area (Å²) in [5.74, 6) is 0. The van der Waals surface area contributed by atoms with Gasteiger partial charge in [0.1, 0.15) is 6.10 Å². The first-order valence-corrected chi connectivity index (χ1v) is 7.16. The van der Waals surface area contributed by atoms with E-state index in [2.05, 4.69) is 32.9 Å². The van der Waals surface area contributed by atoms with Gasteiger partial charge in [0.25, 0.3) is 0 Å². The number of aliphatic hydroxyl groups excluding tert-OH is 1. The van der Waals surface area contributed by atoms with Crippen molar-refractivity contribution in [3.8, 4) is 0 Å². The standard InChI is InChI=1S/C14H18BrN3O/c1-4-5-18-13(12(15)8-16-18)14(19)11-6-9(2)17-10(3)7-11/h6-8,14,19H,4-5H2,1-3H3. The quantitative estimate of drug-likeness (QED) is 0.940. The van der Waals surface area contributed by atoms with Crippen LogP contribution in [0.4, 0.5) is 0 Å². The molecule has 2 aromatic rings. The van der Waals surface area contributed by atoms with E-state index in [1.54, 1.807) is 6.20 Å². The summed E-state index contributed by atoms with van der Waals surface area (Å²) in [6.07, 6.45) is 2.01. The Balaban J connectivity index is 2.43.